The van der Waals surface area contributed by atoms with Gasteiger partial charge in [0.1, 0.15) is 16.9 Å². The maximum absolute atomic E-state index is 11.8. The quantitative estimate of drug-likeness (QED) is 0.743. The number of rotatable bonds is 4. The number of carbonyl (C=O) groups is 2. The maximum atomic E-state index is 11.8. The van der Waals surface area contributed by atoms with Gasteiger partial charge in [-0.15, -0.1) is 0 Å². The average molecular weight is 285 g/mol. The lowest BCUT2D eigenvalue weighted by Crippen LogP contribution is -2.39. The Kier molecular flexibility index (Phi) is 4.78. The first-order chi connectivity index (χ1) is 8.69. The van der Waals surface area contributed by atoms with Crippen LogP contribution >= 0.6 is 11.6 Å². The summed E-state index contributed by atoms with van der Waals surface area (Å²) in [5.74, 6) is -1.63. The van der Waals surface area contributed by atoms with E-state index in [0.29, 0.717) is 5.15 Å². The molecule has 1 aromatic rings. The monoisotopic (exact) mass is 284 g/mol. The Balaban J connectivity index is 2.77. The largest absolute Gasteiger partial charge is 0.479 e. The third-order valence-electron chi connectivity index (χ3n) is 2.24. The van der Waals surface area contributed by atoms with Gasteiger partial charge in [-0.25, -0.2) is 4.79 Å². The smallest absolute Gasteiger partial charge is 0.330 e. The minimum atomic E-state index is -1.12. The summed E-state index contributed by atoms with van der Waals surface area (Å²) in [6, 6.07) is 1.94. The van der Waals surface area contributed by atoms with E-state index < -0.39 is 17.9 Å². The summed E-state index contributed by atoms with van der Waals surface area (Å²) in [5, 5.41) is 11.8. The molecule has 104 valence electrons. The van der Waals surface area contributed by atoms with Crippen LogP contribution in [0, 0.1) is 5.41 Å². The highest BCUT2D eigenvalue weighted by Crippen LogP contribution is 2.15. The highest BCUT2D eigenvalue weighted by molar-refractivity contribution is 6.29. The molecule has 19 heavy (non-hydrogen) atoms. The third kappa shape index (κ3) is 5.18. The first-order valence-electron chi connectivity index (χ1n) is 5.76. The molecule has 1 unspecified atom stereocenters. The minimum absolute atomic E-state index is 0.159. The van der Waals surface area contributed by atoms with E-state index in [9.17, 15) is 9.59 Å². The van der Waals surface area contributed by atoms with Crippen molar-refractivity contribution in [3.8, 4) is 0 Å². The average Bonchev–Trinajstić information content (AvgIpc) is 2.69. The van der Waals surface area contributed by atoms with E-state index in [1.165, 1.54) is 18.2 Å². The summed E-state index contributed by atoms with van der Waals surface area (Å²) in [7, 11) is 0. The molecule has 5 nitrogen and oxygen atoms in total. The lowest BCUT2D eigenvalue weighted by atomic mass is 9.95. The molecule has 0 spiro atoms. The van der Waals surface area contributed by atoms with Gasteiger partial charge in [-0.1, -0.05) is 44.5 Å². The van der Waals surface area contributed by atoms with Crippen molar-refractivity contribution in [2.45, 2.75) is 26.8 Å². The predicted molar refractivity (Wildman–Crippen MR) is 73.3 cm³/mol. The molecular formula is C13H17ClN2O3. The molecule has 0 saturated heterocycles. The zero-order chi connectivity index (χ0) is 14.6. The van der Waals surface area contributed by atoms with Crippen LogP contribution in [0.1, 0.15) is 31.3 Å². The number of hydrogen-bond donors (Lipinski definition) is 3. The molecule has 3 N–H and O–H groups in total. The fraction of sp³-hybridized carbons (Fsp3) is 0.385. The van der Waals surface area contributed by atoms with Gasteiger partial charge in [-0.05, 0) is 17.5 Å². The summed E-state index contributed by atoms with van der Waals surface area (Å²) in [6.07, 6.45) is 3.21. The van der Waals surface area contributed by atoms with Gasteiger partial charge < -0.3 is 15.4 Å². The number of carboxylic acids is 1. The summed E-state index contributed by atoms with van der Waals surface area (Å²) in [5.41, 5.74) is 0.0640. The minimum Gasteiger partial charge on any atom is -0.479 e. The van der Waals surface area contributed by atoms with Crippen molar-refractivity contribution in [1.82, 2.24) is 10.3 Å². The summed E-state index contributed by atoms with van der Waals surface area (Å²) >= 11 is 5.66. The standard InChI is InChI=1S/C13H17ClN2O3/c1-13(2,3)7-6-9(12(18)19)16-11(17)8-4-5-10(14)15-8/h4-7,9,15H,1-3H3,(H,16,17)(H,18,19). The van der Waals surface area contributed by atoms with Crippen LogP contribution < -0.4 is 5.32 Å². The zero-order valence-corrected chi connectivity index (χ0v) is 11.8. The molecule has 6 heteroatoms. The van der Waals surface area contributed by atoms with Crippen LogP contribution in [0.25, 0.3) is 0 Å². The Morgan fingerprint density at radius 1 is 1.42 bits per heavy atom. The van der Waals surface area contributed by atoms with Crippen molar-refractivity contribution >= 4 is 23.5 Å². The normalized spacial score (nSPS) is 13.5. The molecule has 1 rings (SSSR count). The SMILES string of the molecule is CC(C)(C)C=CC(NC(=O)c1ccc(Cl)[nH]1)C(=O)O. The lowest BCUT2D eigenvalue weighted by molar-refractivity contribution is -0.137. The number of H-pyrrole nitrogens is 1. The Labute approximate surface area is 116 Å². The van der Waals surface area contributed by atoms with E-state index in [2.05, 4.69) is 10.3 Å². The predicted octanol–water partition coefficient (Wildman–Crippen LogP) is 2.45. The summed E-state index contributed by atoms with van der Waals surface area (Å²) in [4.78, 5) is 25.5. The number of nitrogens with one attached hydrogen (secondary N) is 2. The summed E-state index contributed by atoms with van der Waals surface area (Å²) < 4.78 is 0. The van der Waals surface area contributed by atoms with Crippen LogP contribution in [0.3, 0.4) is 0 Å². The van der Waals surface area contributed by atoms with Gasteiger partial charge in [-0.3, -0.25) is 4.79 Å². The second kappa shape index (κ2) is 5.93. The van der Waals surface area contributed by atoms with Gasteiger partial charge in [0.05, 0.1) is 0 Å². The van der Waals surface area contributed by atoms with Crippen LogP contribution in [0.5, 0.6) is 0 Å². The van der Waals surface area contributed by atoms with Gasteiger partial charge in [0.25, 0.3) is 5.91 Å². The second-order valence-electron chi connectivity index (χ2n) is 5.23. The number of hydrogen-bond acceptors (Lipinski definition) is 2. The van der Waals surface area contributed by atoms with Gasteiger partial charge in [0.2, 0.25) is 0 Å². The van der Waals surface area contributed by atoms with Crippen LogP contribution in [0.4, 0.5) is 0 Å². The Hall–Kier alpha value is -1.75. The van der Waals surface area contributed by atoms with Crippen molar-refractivity contribution in [2.75, 3.05) is 0 Å². The highest BCUT2D eigenvalue weighted by Gasteiger charge is 2.19. The van der Waals surface area contributed by atoms with Crippen molar-refractivity contribution in [2.24, 2.45) is 5.41 Å². The number of aliphatic carboxylic acids is 1. The summed E-state index contributed by atoms with van der Waals surface area (Å²) in [6.45, 7) is 5.82. The number of halogens is 1. The molecule has 1 atom stereocenters. The number of amides is 1. The molecule has 1 aromatic heterocycles. The van der Waals surface area contributed by atoms with Crippen LogP contribution in [-0.4, -0.2) is 28.0 Å². The van der Waals surface area contributed by atoms with E-state index in [0.717, 1.165) is 0 Å². The maximum Gasteiger partial charge on any atom is 0.330 e. The first-order valence-corrected chi connectivity index (χ1v) is 6.14. The second-order valence-corrected chi connectivity index (χ2v) is 5.64. The highest BCUT2D eigenvalue weighted by atomic mass is 35.5. The van der Waals surface area contributed by atoms with Crippen LogP contribution in [0.15, 0.2) is 24.3 Å². The topological polar surface area (TPSA) is 82.2 Å². The van der Waals surface area contributed by atoms with Gasteiger partial charge >= 0.3 is 5.97 Å². The Morgan fingerprint density at radius 2 is 2.05 bits per heavy atom. The molecule has 0 radical (unpaired) electrons. The van der Waals surface area contributed by atoms with E-state index in [1.54, 1.807) is 6.08 Å². The van der Waals surface area contributed by atoms with E-state index in [4.69, 9.17) is 16.7 Å². The zero-order valence-electron chi connectivity index (χ0n) is 11.0. The number of carbonyl (C=O) groups excluding carboxylic acids is 1. The number of allylic oxidation sites excluding steroid dienone is 1. The molecule has 1 heterocycles. The van der Waals surface area contributed by atoms with Crippen molar-refractivity contribution in [3.63, 3.8) is 0 Å². The van der Waals surface area contributed by atoms with Crippen molar-refractivity contribution < 1.29 is 14.7 Å². The lowest BCUT2D eigenvalue weighted by Gasteiger charge is -2.14. The van der Waals surface area contributed by atoms with Crippen molar-refractivity contribution in [1.29, 1.82) is 0 Å². The Bertz CT molecular complexity index is 500. The van der Waals surface area contributed by atoms with E-state index >= 15 is 0 Å². The van der Waals surface area contributed by atoms with Gasteiger partial charge in [-0.2, -0.15) is 0 Å². The number of carboxylic acid groups (broad SMARTS) is 1. The van der Waals surface area contributed by atoms with Gasteiger partial charge in [0.15, 0.2) is 0 Å². The van der Waals surface area contributed by atoms with Crippen LogP contribution in [0.2, 0.25) is 5.15 Å². The molecule has 0 saturated carbocycles. The van der Waals surface area contributed by atoms with Gasteiger partial charge in [0, 0.05) is 0 Å². The molecule has 0 bridgehead atoms. The van der Waals surface area contributed by atoms with E-state index in [-0.39, 0.29) is 11.1 Å². The van der Waals surface area contributed by atoms with E-state index in [1.807, 2.05) is 20.8 Å². The third-order valence-corrected chi connectivity index (χ3v) is 2.46. The number of aromatic nitrogens is 1. The fourth-order valence-corrected chi connectivity index (χ4v) is 1.46. The first kappa shape index (κ1) is 15.3. The van der Waals surface area contributed by atoms with Crippen LogP contribution in [-0.2, 0) is 4.79 Å². The molecular weight excluding hydrogens is 268 g/mol. The van der Waals surface area contributed by atoms with Crippen molar-refractivity contribution in [3.05, 3.63) is 35.1 Å². The molecule has 0 aromatic carbocycles. The number of aromatic amines is 1. The molecule has 0 aliphatic rings. The molecule has 0 aliphatic heterocycles. The Morgan fingerprint density at radius 3 is 2.47 bits per heavy atom. The molecule has 0 fully saturated rings. The molecule has 1 amide bonds. The fourth-order valence-electron chi connectivity index (χ4n) is 1.30. The molecule has 0 aliphatic carbocycles.